The lowest BCUT2D eigenvalue weighted by Crippen LogP contribution is -2.45. The van der Waals surface area contributed by atoms with Crippen LogP contribution >= 0.6 is 36.4 Å². The molecule has 1 aromatic carbocycles. The van der Waals surface area contributed by atoms with Gasteiger partial charge < -0.3 is 5.32 Å². The van der Waals surface area contributed by atoms with E-state index in [9.17, 15) is 0 Å². The second kappa shape index (κ2) is 11.5. The van der Waals surface area contributed by atoms with E-state index in [1.807, 2.05) is 0 Å². The summed E-state index contributed by atoms with van der Waals surface area (Å²) in [6, 6.07) is 7.13. The maximum atomic E-state index is 6.33. The lowest BCUT2D eigenvalue weighted by molar-refractivity contribution is 0.162. The molecule has 1 aliphatic heterocycles. The molecule has 1 aromatic rings. The Morgan fingerprint density at radius 2 is 1.86 bits per heavy atom. The van der Waals surface area contributed by atoms with E-state index in [1.165, 1.54) is 36.8 Å². The van der Waals surface area contributed by atoms with Crippen LogP contribution in [0.2, 0.25) is 5.02 Å². The molecule has 2 rings (SSSR count). The first-order valence-electron chi connectivity index (χ1n) is 7.93. The lowest BCUT2D eigenvalue weighted by Gasteiger charge is -2.35. The molecule has 1 fully saturated rings. The van der Waals surface area contributed by atoms with E-state index in [0.29, 0.717) is 6.04 Å². The third-order valence-electron chi connectivity index (χ3n) is 4.25. The van der Waals surface area contributed by atoms with Crippen molar-refractivity contribution in [2.45, 2.75) is 45.6 Å². The molecule has 0 radical (unpaired) electrons. The summed E-state index contributed by atoms with van der Waals surface area (Å²) in [5, 5.41) is 4.34. The number of nitrogens with one attached hydrogen (secondary N) is 1. The second-order valence-electron chi connectivity index (χ2n) is 5.81. The number of halogens is 3. The van der Waals surface area contributed by atoms with E-state index in [-0.39, 0.29) is 24.8 Å². The van der Waals surface area contributed by atoms with Crippen molar-refractivity contribution in [3.05, 3.63) is 34.3 Å². The summed E-state index contributed by atoms with van der Waals surface area (Å²) in [5.41, 5.74) is 2.56. The van der Waals surface area contributed by atoms with Crippen molar-refractivity contribution in [1.82, 2.24) is 10.2 Å². The van der Waals surface area contributed by atoms with Crippen molar-refractivity contribution >= 4 is 36.4 Å². The van der Waals surface area contributed by atoms with E-state index in [2.05, 4.69) is 42.3 Å². The molecule has 22 heavy (non-hydrogen) atoms. The summed E-state index contributed by atoms with van der Waals surface area (Å²) in [6.07, 6.45) is 5.15. The minimum Gasteiger partial charge on any atom is -0.314 e. The van der Waals surface area contributed by atoms with Crippen molar-refractivity contribution in [3.63, 3.8) is 0 Å². The van der Waals surface area contributed by atoms with E-state index in [0.717, 1.165) is 31.2 Å². The fourth-order valence-electron chi connectivity index (χ4n) is 2.96. The molecule has 1 N–H and O–H groups in total. The van der Waals surface area contributed by atoms with E-state index >= 15 is 0 Å². The standard InChI is InChI=1S/C17H27ClN2.2ClH/c1-3-4-5-6-17(20-11-9-19-10-12-20)15-8-7-14(2)16(18)13-15;;/h7-8,13,17,19H,3-6,9-12H2,1-2H3;2*1H/t17-;;/m0../s1. The van der Waals surface area contributed by atoms with Crippen LogP contribution in [-0.4, -0.2) is 31.1 Å². The summed E-state index contributed by atoms with van der Waals surface area (Å²) in [4.78, 5) is 2.62. The number of hydrogen-bond acceptors (Lipinski definition) is 2. The average Bonchev–Trinajstić information content (AvgIpc) is 2.48. The summed E-state index contributed by atoms with van der Waals surface area (Å²) in [6.45, 7) is 8.82. The molecular weight excluding hydrogens is 339 g/mol. The van der Waals surface area contributed by atoms with Gasteiger partial charge in [0, 0.05) is 37.2 Å². The van der Waals surface area contributed by atoms with Gasteiger partial charge >= 0.3 is 0 Å². The first-order chi connectivity index (χ1) is 9.72. The number of aryl methyl sites for hydroxylation is 1. The van der Waals surface area contributed by atoms with Crippen LogP contribution in [0.3, 0.4) is 0 Å². The molecule has 0 unspecified atom stereocenters. The van der Waals surface area contributed by atoms with Gasteiger partial charge in [0.2, 0.25) is 0 Å². The first-order valence-corrected chi connectivity index (χ1v) is 8.31. The Labute approximate surface area is 152 Å². The second-order valence-corrected chi connectivity index (χ2v) is 6.21. The monoisotopic (exact) mass is 366 g/mol. The largest absolute Gasteiger partial charge is 0.314 e. The van der Waals surface area contributed by atoms with Crippen molar-refractivity contribution in [2.24, 2.45) is 0 Å². The predicted octanol–water partition coefficient (Wildman–Crippen LogP) is 5.02. The molecule has 5 heteroatoms. The molecule has 1 saturated heterocycles. The SMILES string of the molecule is CCCCC[C@@H](c1ccc(C)c(Cl)c1)N1CCNCC1.Cl.Cl. The van der Waals surface area contributed by atoms with Gasteiger partial charge in [-0.1, -0.05) is 49.9 Å². The molecule has 2 nitrogen and oxygen atoms in total. The third-order valence-corrected chi connectivity index (χ3v) is 4.66. The van der Waals surface area contributed by atoms with E-state index < -0.39 is 0 Å². The Morgan fingerprint density at radius 3 is 2.45 bits per heavy atom. The molecule has 1 atom stereocenters. The highest BCUT2D eigenvalue weighted by molar-refractivity contribution is 6.31. The summed E-state index contributed by atoms with van der Waals surface area (Å²) in [7, 11) is 0. The molecule has 0 aliphatic carbocycles. The van der Waals surface area contributed by atoms with Gasteiger partial charge in [-0.25, -0.2) is 0 Å². The van der Waals surface area contributed by atoms with Gasteiger partial charge in [-0.3, -0.25) is 4.90 Å². The first kappa shape index (κ1) is 22.0. The maximum Gasteiger partial charge on any atom is 0.0438 e. The molecule has 0 spiro atoms. The summed E-state index contributed by atoms with van der Waals surface area (Å²) < 4.78 is 0. The van der Waals surface area contributed by atoms with Crippen LogP contribution in [0.5, 0.6) is 0 Å². The highest BCUT2D eigenvalue weighted by Gasteiger charge is 2.22. The number of benzene rings is 1. The highest BCUT2D eigenvalue weighted by Crippen LogP contribution is 2.30. The summed E-state index contributed by atoms with van der Waals surface area (Å²) >= 11 is 6.33. The van der Waals surface area contributed by atoms with Crippen molar-refractivity contribution < 1.29 is 0 Å². The van der Waals surface area contributed by atoms with Crippen molar-refractivity contribution in [1.29, 1.82) is 0 Å². The van der Waals surface area contributed by atoms with Crippen molar-refractivity contribution in [3.8, 4) is 0 Å². The molecule has 1 heterocycles. The van der Waals surface area contributed by atoms with Gasteiger partial charge in [-0.05, 0) is 30.5 Å². The predicted molar refractivity (Wildman–Crippen MR) is 102 cm³/mol. The average molecular weight is 368 g/mol. The Balaban J connectivity index is 0.00000220. The number of hydrogen-bond donors (Lipinski definition) is 1. The Bertz CT molecular complexity index is 420. The topological polar surface area (TPSA) is 15.3 Å². The number of rotatable bonds is 6. The Morgan fingerprint density at radius 1 is 1.18 bits per heavy atom. The fourth-order valence-corrected chi connectivity index (χ4v) is 3.15. The highest BCUT2D eigenvalue weighted by atomic mass is 35.5. The number of unbranched alkanes of at least 4 members (excludes halogenated alkanes) is 2. The van der Waals surface area contributed by atoms with Gasteiger partial charge in [0.05, 0.1) is 0 Å². The molecule has 0 amide bonds. The molecule has 1 aliphatic rings. The molecule has 0 bridgehead atoms. The fraction of sp³-hybridized carbons (Fsp3) is 0.647. The normalized spacial score (nSPS) is 16.5. The van der Waals surface area contributed by atoms with Crippen LogP contribution in [0.25, 0.3) is 0 Å². The smallest absolute Gasteiger partial charge is 0.0438 e. The lowest BCUT2D eigenvalue weighted by atomic mass is 9.97. The molecule has 128 valence electrons. The van der Waals surface area contributed by atoms with Crippen LogP contribution < -0.4 is 5.32 Å². The Hall–Kier alpha value is 0.01000. The maximum absolute atomic E-state index is 6.33. The van der Waals surface area contributed by atoms with E-state index in [4.69, 9.17) is 11.6 Å². The van der Waals surface area contributed by atoms with Gasteiger partial charge in [-0.15, -0.1) is 24.8 Å². The molecule has 0 aromatic heterocycles. The number of piperazine rings is 1. The zero-order chi connectivity index (χ0) is 14.4. The van der Waals surface area contributed by atoms with Crippen LogP contribution in [-0.2, 0) is 0 Å². The third kappa shape index (κ3) is 6.25. The van der Waals surface area contributed by atoms with Gasteiger partial charge in [0.1, 0.15) is 0 Å². The molecular formula is C17H29Cl3N2. The minimum atomic E-state index is 0. The Kier molecular flexibility index (Phi) is 11.5. The van der Waals surface area contributed by atoms with E-state index in [1.54, 1.807) is 0 Å². The van der Waals surface area contributed by atoms with Gasteiger partial charge in [0.15, 0.2) is 0 Å². The quantitative estimate of drug-likeness (QED) is 0.710. The van der Waals surface area contributed by atoms with Crippen LogP contribution in [0.15, 0.2) is 18.2 Å². The van der Waals surface area contributed by atoms with Gasteiger partial charge in [0.25, 0.3) is 0 Å². The van der Waals surface area contributed by atoms with Crippen LogP contribution in [0.1, 0.15) is 49.8 Å². The van der Waals surface area contributed by atoms with Crippen LogP contribution in [0.4, 0.5) is 0 Å². The van der Waals surface area contributed by atoms with Crippen LogP contribution in [0, 0.1) is 6.92 Å². The zero-order valence-corrected chi connectivity index (χ0v) is 16.0. The summed E-state index contributed by atoms with van der Waals surface area (Å²) in [5.74, 6) is 0. The zero-order valence-electron chi connectivity index (χ0n) is 13.6. The molecule has 0 saturated carbocycles. The number of nitrogens with zero attached hydrogens (tertiary/aromatic N) is 1. The van der Waals surface area contributed by atoms with Crippen molar-refractivity contribution in [2.75, 3.05) is 26.2 Å². The van der Waals surface area contributed by atoms with Gasteiger partial charge in [-0.2, -0.15) is 0 Å². The minimum absolute atomic E-state index is 0.